The molecule has 2 amide bonds. The summed E-state index contributed by atoms with van der Waals surface area (Å²) in [4.78, 5) is 22.4. The number of rotatable bonds is 3. The van der Waals surface area contributed by atoms with E-state index in [2.05, 4.69) is 10.6 Å². The second-order valence-corrected chi connectivity index (χ2v) is 4.88. The number of aromatic carboxylic acids is 1. The first-order valence-electron chi connectivity index (χ1n) is 5.91. The Balaban J connectivity index is 1.92. The number of anilines is 1. The average molecular weight is 248 g/mol. The number of urea groups is 1. The molecule has 1 fully saturated rings. The maximum atomic E-state index is 11.7. The maximum Gasteiger partial charge on any atom is 0.335 e. The van der Waals surface area contributed by atoms with E-state index >= 15 is 0 Å². The minimum absolute atomic E-state index is 0.0922. The Morgan fingerprint density at radius 1 is 1.22 bits per heavy atom. The van der Waals surface area contributed by atoms with Crippen LogP contribution in [0.5, 0.6) is 0 Å². The van der Waals surface area contributed by atoms with E-state index in [4.69, 9.17) is 5.11 Å². The van der Waals surface area contributed by atoms with Crippen LogP contribution in [-0.2, 0) is 0 Å². The van der Waals surface area contributed by atoms with Crippen LogP contribution in [0.1, 0.15) is 36.5 Å². The Kier molecular flexibility index (Phi) is 3.23. The van der Waals surface area contributed by atoms with Crippen LogP contribution in [0.2, 0.25) is 0 Å². The zero-order valence-corrected chi connectivity index (χ0v) is 10.2. The maximum absolute atomic E-state index is 11.7. The van der Waals surface area contributed by atoms with Crippen LogP contribution in [0.3, 0.4) is 0 Å². The second kappa shape index (κ2) is 4.68. The number of benzene rings is 1. The summed E-state index contributed by atoms with van der Waals surface area (Å²) in [5.41, 5.74) is 0.692. The number of carbonyl (C=O) groups is 2. The van der Waals surface area contributed by atoms with Crippen LogP contribution in [0.25, 0.3) is 0 Å². The number of nitrogens with one attached hydrogen (secondary N) is 2. The predicted octanol–water partition coefficient (Wildman–Crippen LogP) is 2.45. The molecule has 5 heteroatoms. The summed E-state index contributed by atoms with van der Waals surface area (Å²) in [5, 5.41) is 14.4. The van der Waals surface area contributed by atoms with E-state index in [0.29, 0.717) is 5.69 Å². The molecule has 1 aromatic rings. The molecule has 3 N–H and O–H groups in total. The lowest BCUT2D eigenvalue weighted by Crippen LogP contribution is -2.52. The molecule has 0 radical (unpaired) electrons. The van der Waals surface area contributed by atoms with E-state index in [1.54, 1.807) is 12.1 Å². The van der Waals surface area contributed by atoms with Gasteiger partial charge in [0.15, 0.2) is 0 Å². The number of carbonyl (C=O) groups excluding carboxylic acids is 1. The highest BCUT2D eigenvalue weighted by molar-refractivity contribution is 5.91. The summed E-state index contributed by atoms with van der Waals surface area (Å²) in [6, 6.07) is 5.82. The van der Waals surface area contributed by atoms with Crippen LogP contribution in [-0.4, -0.2) is 22.6 Å². The molecule has 5 nitrogen and oxygen atoms in total. The van der Waals surface area contributed by atoms with Crippen molar-refractivity contribution in [2.24, 2.45) is 0 Å². The van der Waals surface area contributed by atoms with E-state index in [1.807, 2.05) is 6.92 Å². The van der Waals surface area contributed by atoms with Gasteiger partial charge in [0.2, 0.25) is 0 Å². The summed E-state index contributed by atoms with van der Waals surface area (Å²) < 4.78 is 0. The highest BCUT2D eigenvalue weighted by Gasteiger charge is 2.33. The van der Waals surface area contributed by atoms with Crippen molar-refractivity contribution in [3.63, 3.8) is 0 Å². The Labute approximate surface area is 105 Å². The molecule has 0 bridgehead atoms. The zero-order chi connectivity index (χ0) is 13.2. The summed E-state index contributed by atoms with van der Waals surface area (Å²) in [6.45, 7) is 2.02. The molecule has 0 aromatic heterocycles. The Morgan fingerprint density at radius 3 is 2.28 bits per heavy atom. The van der Waals surface area contributed by atoms with Gasteiger partial charge in [-0.2, -0.15) is 0 Å². The van der Waals surface area contributed by atoms with E-state index in [9.17, 15) is 9.59 Å². The third-order valence-electron chi connectivity index (χ3n) is 3.26. The Hall–Kier alpha value is -2.04. The van der Waals surface area contributed by atoms with Gasteiger partial charge in [0.25, 0.3) is 0 Å². The Morgan fingerprint density at radius 2 is 1.83 bits per heavy atom. The fraction of sp³-hybridized carbons (Fsp3) is 0.385. The number of hydrogen-bond donors (Lipinski definition) is 3. The van der Waals surface area contributed by atoms with Gasteiger partial charge in [0, 0.05) is 11.2 Å². The summed E-state index contributed by atoms with van der Waals surface area (Å²) >= 11 is 0. The predicted molar refractivity (Wildman–Crippen MR) is 67.8 cm³/mol. The molecular formula is C13H16N2O3. The first-order chi connectivity index (χ1) is 8.48. The van der Waals surface area contributed by atoms with Crippen LogP contribution >= 0.6 is 0 Å². The lowest BCUT2D eigenvalue weighted by atomic mass is 9.79. The fourth-order valence-electron chi connectivity index (χ4n) is 1.96. The zero-order valence-electron chi connectivity index (χ0n) is 10.2. The van der Waals surface area contributed by atoms with Gasteiger partial charge in [-0.25, -0.2) is 9.59 Å². The SMILES string of the molecule is CC1(NC(=O)Nc2ccc(C(=O)O)cc2)CCC1. The van der Waals surface area contributed by atoms with Gasteiger partial charge in [-0.05, 0) is 50.5 Å². The van der Waals surface area contributed by atoms with Crippen LogP contribution in [0.15, 0.2) is 24.3 Å². The Bertz CT molecular complexity index is 464. The monoisotopic (exact) mass is 248 g/mol. The molecule has 0 heterocycles. The van der Waals surface area contributed by atoms with Gasteiger partial charge in [0.05, 0.1) is 5.56 Å². The molecule has 1 aliphatic carbocycles. The summed E-state index contributed by atoms with van der Waals surface area (Å²) in [5.74, 6) is -0.979. The first-order valence-corrected chi connectivity index (χ1v) is 5.91. The van der Waals surface area contributed by atoms with E-state index in [-0.39, 0.29) is 17.1 Å². The second-order valence-electron chi connectivity index (χ2n) is 4.88. The van der Waals surface area contributed by atoms with Gasteiger partial charge in [0.1, 0.15) is 0 Å². The number of carboxylic acid groups (broad SMARTS) is 1. The molecule has 0 atom stereocenters. The summed E-state index contributed by atoms with van der Waals surface area (Å²) in [6.07, 6.45) is 3.14. The van der Waals surface area contributed by atoms with E-state index in [0.717, 1.165) is 19.3 Å². The number of carboxylic acids is 1. The highest BCUT2D eigenvalue weighted by Crippen LogP contribution is 2.30. The van der Waals surface area contributed by atoms with Crippen molar-refractivity contribution in [1.82, 2.24) is 5.32 Å². The van der Waals surface area contributed by atoms with Gasteiger partial charge >= 0.3 is 12.0 Å². The first kappa shape index (κ1) is 12.4. The number of hydrogen-bond acceptors (Lipinski definition) is 2. The smallest absolute Gasteiger partial charge is 0.335 e. The summed E-state index contributed by atoms with van der Waals surface area (Å²) in [7, 11) is 0. The van der Waals surface area contributed by atoms with Crippen molar-refractivity contribution < 1.29 is 14.7 Å². The molecule has 0 saturated heterocycles. The molecule has 0 aliphatic heterocycles. The van der Waals surface area contributed by atoms with Crippen molar-refractivity contribution in [3.05, 3.63) is 29.8 Å². The molecule has 0 unspecified atom stereocenters. The van der Waals surface area contributed by atoms with Crippen molar-refractivity contribution in [3.8, 4) is 0 Å². The van der Waals surface area contributed by atoms with Crippen LogP contribution in [0, 0.1) is 0 Å². The molecule has 18 heavy (non-hydrogen) atoms. The van der Waals surface area contributed by atoms with Crippen molar-refractivity contribution in [2.75, 3.05) is 5.32 Å². The van der Waals surface area contributed by atoms with E-state index in [1.165, 1.54) is 12.1 Å². The average Bonchev–Trinajstić information content (AvgIpc) is 2.27. The largest absolute Gasteiger partial charge is 0.478 e. The molecule has 2 rings (SSSR count). The van der Waals surface area contributed by atoms with Crippen LogP contribution < -0.4 is 10.6 Å². The third kappa shape index (κ3) is 2.80. The van der Waals surface area contributed by atoms with Gasteiger partial charge in [-0.15, -0.1) is 0 Å². The van der Waals surface area contributed by atoms with Crippen molar-refractivity contribution >= 4 is 17.7 Å². The van der Waals surface area contributed by atoms with Crippen molar-refractivity contribution in [1.29, 1.82) is 0 Å². The minimum Gasteiger partial charge on any atom is -0.478 e. The van der Waals surface area contributed by atoms with Gasteiger partial charge in [-0.3, -0.25) is 0 Å². The molecular weight excluding hydrogens is 232 g/mol. The highest BCUT2D eigenvalue weighted by atomic mass is 16.4. The standard InChI is InChI=1S/C13H16N2O3/c1-13(7-2-8-13)15-12(18)14-10-5-3-9(4-6-10)11(16)17/h3-6H,2,7-8H2,1H3,(H,16,17)(H2,14,15,18). The molecule has 1 saturated carbocycles. The van der Waals surface area contributed by atoms with Crippen LogP contribution in [0.4, 0.5) is 10.5 Å². The molecule has 1 aliphatic rings. The fourth-order valence-corrected chi connectivity index (χ4v) is 1.96. The third-order valence-corrected chi connectivity index (χ3v) is 3.26. The van der Waals surface area contributed by atoms with Crippen molar-refractivity contribution in [2.45, 2.75) is 31.7 Å². The quantitative estimate of drug-likeness (QED) is 0.768. The molecule has 0 spiro atoms. The molecule has 96 valence electrons. The number of amides is 2. The molecule has 1 aromatic carbocycles. The normalized spacial score (nSPS) is 16.5. The van der Waals surface area contributed by atoms with Gasteiger partial charge < -0.3 is 15.7 Å². The minimum atomic E-state index is -0.979. The van der Waals surface area contributed by atoms with E-state index < -0.39 is 5.97 Å². The lowest BCUT2D eigenvalue weighted by molar-refractivity contribution is 0.0697. The lowest BCUT2D eigenvalue weighted by Gasteiger charge is -2.38. The topological polar surface area (TPSA) is 78.4 Å². The van der Waals surface area contributed by atoms with Gasteiger partial charge in [-0.1, -0.05) is 0 Å².